The lowest BCUT2D eigenvalue weighted by Crippen LogP contribution is -2.45. The molecule has 0 N–H and O–H groups in total. The van der Waals surface area contributed by atoms with Crippen LogP contribution in [0.5, 0.6) is 0 Å². The predicted octanol–water partition coefficient (Wildman–Crippen LogP) is 1.72. The second-order valence-electron chi connectivity index (χ2n) is 6.68. The third kappa shape index (κ3) is 4.57. The zero-order valence-electron chi connectivity index (χ0n) is 14.2. The van der Waals surface area contributed by atoms with Gasteiger partial charge >= 0.3 is 0 Å². The molecule has 5 heteroatoms. The minimum Gasteiger partial charge on any atom is -0.378 e. The molecular weight excluding hydrogens is 304 g/mol. The van der Waals surface area contributed by atoms with Gasteiger partial charge in [0.1, 0.15) is 6.42 Å². The summed E-state index contributed by atoms with van der Waals surface area (Å²) in [6.45, 7) is 3.89. The van der Waals surface area contributed by atoms with Crippen molar-refractivity contribution in [2.75, 3.05) is 39.4 Å². The largest absolute Gasteiger partial charge is 0.378 e. The number of benzene rings is 1. The van der Waals surface area contributed by atoms with Gasteiger partial charge in [0.2, 0.25) is 11.8 Å². The number of ether oxygens (including phenoxy) is 1. The maximum absolute atomic E-state index is 12.4. The molecule has 0 spiro atoms. The van der Waals surface area contributed by atoms with Crippen molar-refractivity contribution in [2.45, 2.75) is 25.7 Å². The fraction of sp³-hybridized carbons (Fsp3) is 0.579. The molecule has 0 unspecified atom stereocenters. The molecular formula is C19H26N2O3. The third-order valence-electron chi connectivity index (χ3n) is 5.00. The van der Waals surface area contributed by atoms with Gasteiger partial charge in [-0.05, 0) is 30.7 Å². The Bertz CT molecular complexity index is 547. The second-order valence-corrected chi connectivity index (χ2v) is 6.68. The molecule has 2 heterocycles. The van der Waals surface area contributed by atoms with Crippen LogP contribution in [-0.2, 0) is 20.7 Å². The molecule has 1 aromatic carbocycles. The number of carbonyl (C=O) groups excluding carboxylic acids is 2. The zero-order chi connectivity index (χ0) is 16.8. The molecule has 5 nitrogen and oxygen atoms in total. The summed E-state index contributed by atoms with van der Waals surface area (Å²) in [4.78, 5) is 28.1. The molecule has 0 atom stereocenters. The van der Waals surface area contributed by atoms with Crippen LogP contribution in [0.15, 0.2) is 30.3 Å². The van der Waals surface area contributed by atoms with Gasteiger partial charge in [-0.1, -0.05) is 30.3 Å². The van der Waals surface area contributed by atoms with Crippen LogP contribution >= 0.6 is 0 Å². The van der Waals surface area contributed by atoms with Crippen LogP contribution < -0.4 is 0 Å². The highest BCUT2D eigenvalue weighted by atomic mass is 16.5. The molecule has 0 saturated carbocycles. The van der Waals surface area contributed by atoms with Crippen LogP contribution in [0.3, 0.4) is 0 Å². The molecule has 2 amide bonds. The summed E-state index contributed by atoms with van der Waals surface area (Å²) in [5.74, 6) is 0.547. The summed E-state index contributed by atoms with van der Waals surface area (Å²) in [5, 5.41) is 0. The summed E-state index contributed by atoms with van der Waals surface area (Å²) < 4.78 is 5.24. The first-order valence-corrected chi connectivity index (χ1v) is 8.89. The minimum absolute atomic E-state index is 0.00333. The van der Waals surface area contributed by atoms with Crippen LogP contribution in [0.4, 0.5) is 0 Å². The van der Waals surface area contributed by atoms with Gasteiger partial charge in [-0.25, -0.2) is 0 Å². The van der Waals surface area contributed by atoms with Gasteiger partial charge in [-0.15, -0.1) is 0 Å². The van der Waals surface area contributed by atoms with Crippen LogP contribution in [0.25, 0.3) is 0 Å². The first-order chi connectivity index (χ1) is 11.7. The average Bonchev–Trinajstić information content (AvgIpc) is 2.64. The first-order valence-electron chi connectivity index (χ1n) is 8.89. The van der Waals surface area contributed by atoms with Crippen molar-refractivity contribution in [3.05, 3.63) is 35.9 Å². The molecule has 2 fully saturated rings. The van der Waals surface area contributed by atoms with Crippen LogP contribution in [0, 0.1) is 5.92 Å². The SMILES string of the molecule is O=C(CC(=O)N1CCC(Cc2ccccc2)CC1)N1CCOCC1. The highest BCUT2D eigenvalue weighted by molar-refractivity contribution is 5.97. The Morgan fingerprint density at radius 2 is 1.50 bits per heavy atom. The van der Waals surface area contributed by atoms with E-state index in [0.29, 0.717) is 32.2 Å². The molecule has 130 valence electrons. The van der Waals surface area contributed by atoms with E-state index in [9.17, 15) is 9.59 Å². The maximum Gasteiger partial charge on any atom is 0.232 e. The molecule has 0 aromatic heterocycles. The quantitative estimate of drug-likeness (QED) is 0.790. The van der Waals surface area contributed by atoms with Gasteiger partial charge in [0.25, 0.3) is 0 Å². The lowest BCUT2D eigenvalue weighted by molar-refractivity contribution is -0.143. The van der Waals surface area contributed by atoms with Crippen molar-refractivity contribution in [2.24, 2.45) is 5.92 Å². The minimum atomic E-state index is -0.0605. The van der Waals surface area contributed by atoms with E-state index < -0.39 is 0 Å². The number of piperidine rings is 1. The van der Waals surface area contributed by atoms with Crippen molar-refractivity contribution in [3.8, 4) is 0 Å². The van der Waals surface area contributed by atoms with Gasteiger partial charge in [-0.3, -0.25) is 9.59 Å². The Hall–Kier alpha value is -1.88. The summed E-state index contributed by atoms with van der Waals surface area (Å²) in [5.41, 5.74) is 1.37. The van der Waals surface area contributed by atoms with Gasteiger partial charge in [0.05, 0.1) is 13.2 Å². The molecule has 1 aromatic rings. The molecule has 24 heavy (non-hydrogen) atoms. The Kier molecular flexibility index (Phi) is 5.86. The number of hydrogen-bond donors (Lipinski definition) is 0. The van der Waals surface area contributed by atoms with E-state index in [0.717, 1.165) is 32.4 Å². The van der Waals surface area contributed by atoms with E-state index in [1.807, 2.05) is 11.0 Å². The molecule has 2 saturated heterocycles. The van der Waals surface area contributed by atoms with E-state index in [-0.39, 0.29) is 18.2 Å². The smallest absolute Gasteiger partial charge is 0.232 e. The van der Waals surface area contributed by atoms with Crippen molar-refractivity contribution < 1.29 is 14.3 Å². The van der Waals surface area contributed by atoms with Gasteiger partial charge in [0.15, 0.2) is 0 Å². The normalized spacial score (nSPS) is 19.3. The van der Waals surface area contributed by atoms with Crippen LogP contribution in [-0.4, -0.2) is 61.0 Å². The van der Waals surface area contributed by atoms with Gasteiger partial charge in [-0.2, -0.15) is 0 Å². The summed E-state index contributed by atoms with van der Waals surface area (Å²) >= 11 is 0. The molecule has 2 aliphatic rings. The third-order valence-corrected chi connectivity index (χ3v) is 5.00. The summed E-state index contributed by atoms with van der Waals surface area (Å²) in [6, 6.07) is 10.5. The molecule has 0 bridgehead atoms. The Balaban J connectivity index is 1.42. The van der Waals surface area contributed by atoms with Gasteiger partial charge < -0.3 is 14.5 Å². The van der Waals surface area contributed by atoms with Crippen molar-refractivity contribution in [1.82, 2.24) is 9.80 Å². The summed E-state index contributed by atoms with van der Waals surface area (Å²) in [7, 11) is 0. The Morgan fingerprint density at radius 1 is 0.917 bits per heavy atom. The average molecular weight is 330 g/mol. The molecule has 3 rings (SSSR count). The second kappa shape index (κ2) is 8.29. The predicted molar refractivity (Wildman–Crippen MR) is 91.5 cm³/mol. The van der Waals surface area contributed by atoms with Crippen LogP contribution in [0.2, 0.25) is 0 Å². The van der Waals surface area contributed by atoms with Crippen LogP contribution in [0.1, 0.15) is 24.8 Å². The van der Waals surface area contributed by atoms with E-state index >= 15 is 0 Å². The lowest BCUT2D eigenvalue weighted by atomic mass is 9.90. The maximum atomic E-state index is 12.4. The Labute approximate surface area is 143 Å². The number of likely N-dealkylation sites (tertiary alicyclic amines) is 1. The number of hydrogen-bond acceptors (Lipinski definition) is 3. The molecule has 0 radical (unpaired) electrons. The number of morpholine rings is 1. The molecule has 0 aliphatic carbocycles. The van der Waals surface area contributed by atoms with Crippen molar-refractivity contribution in [1.29, 1.82) is 0 Å². The highest BCUT2D eigenvalue weighted by Crippen LogP contribution is 2.22. The molecule has 2 aliphatic heterocycles. The van der Waals surface area contributed by atoms with Gasteiger partial charge in [0, 0.05) is 26.2 Å². The van der Waals surface area contributed by atoms with Crippen molar-refractivity contribution in [3.63, 3.8) is 0 Å². The number of amides is 2. The topological polar surface area (TPSA) is 49.9 Å². The zero-order valence-corrected chi connectivity index (χ0v) is 14.2. The Morgan fingerprint density at radius 3 is 2.12 bits per heavy atom. The summed E-state index contributed by atoms with van der Waals surface area (Å²) in [6.07, 6.45) is 3.12. The number of nitrogens with zero attached hydrogens (tertiary/aromatic N) is 2. The van der Waals surface area contributed by atoms with E-state index in [1.54, 1.807) is 4.90 Å². The first kappa shape index (κ1) is 17.0. The fourth-order valence-corrected chi connectivity index (χ4v) is 3.50. The number of carbonyl (C=O) groups is 2. The fourth-order valence-electron chi connectivity index (χ4n) is 3.50. The van der Waals surface area contributed by atoms with E-state index in [1.165, 1.54) is 5.56 Å². The lowest BCUT2D eigenvalue weighted by Gasteiger charge is -2.33. The highest BCUT2D eigenvalue weighted by Gasteiger charge is 2.26. The van der Waals surface area contributed by atoms with E-state index in [4.69, 9.17) is 4.74 Å². The van der Waals surface area contributed by atoms with E-state index in [2.05, 4.69) is 24.3 Å². The number of rotatable bonds is 4. The van der Waals surface area contributed by atoms with Crippen molar-refractivity contribution >= 4 is 11.8 Å². The standard InChI is InChI=1S/C19H26N2O3/c22-18(15-19(23)21-10-12-24-13-11-21)20-8-6-17(7-9-20)14-16-4-2-1-3-5-16/h1-5,17H,6-15H2. The monoisotopic (exact) mass is 330 g/mol.